The number of hydrogen-bond donors (Lipinski definition) is 1. The maximum atomic E-state index is 13.8. The minimum Gasteiger partial charge on any atom is -0.322 e. The molecular formula is C18H17BrFNO3S. The van der Waals surface area contributed by atoms with E-state index in [9.17, 15) is 17.6 Å². The van der Waals surface area contributed by atoms with Crippen LogP contribution in [0.15, 0.2) is 51.8 Å². The lowest BCUT2D eigenvalue weighted by molar-refractivity contribution is 0.102. The lowest BCUT2D eigenvalue weighted by Gasteiger charge is -2.12. The van der Waals surface area contributed by atoms with Crippen molar-refractivity contribution in [2.75, 3.05) is 5.32 Å². The van der Waals surface area contributed by atoms with Crippen LogP contribution >= 0.6 is 15.9 Å². The summed E-state index contributed by atoms with van der Waals surface area (Å²) in [5, 5.41) is 2.26. The third-order valence-corrected chi connectivity index (χ3v) is 7.13. The Kier molecular flexibility index (Phi) is 5.24. The van der Waals surface area contributed by atoms with Crippen molar-refractivity contribution in [3.8, 4) is 0 Å². The highest BCUT2D eigenvalue weighted by atomic mass is 79.9. The number of nitrogens with one attached hydrogen (secondary N) is 1. The number of carbonyl (C=O) groups excluding carboxylic acids is 1. The molecule has 1 N–H and O–H groups in total. The first-order valence-electron chi connectivity index (χ1n) is 7.98. The molecule has 0 aromatic heterocycles. The molecule has 2 aromatic rings. The first-order chi connectivity index (χ1) is 11.9. The van der Waals surface area contributed by atoms with Crippen LogP contribution in [0.4, 0.5) is 10.1 Å². The second-order valence-corrected chi connectivity index (χ2v) is 9.20. The van der Waals surface area contributed by atoms with Crippen molar-refractivity contribution in [3.63, 3.8) is 0 Å². The number of carbonyl (C=O) groups is 1. The number of hydrogen-bond acceptors (Lipinski definition) is 3. The molecule has 132 valence electrons. The lowest BCUT2D eigenvalue weighted by Crippen LogP contribution is -2.18. The van der Waals surface area contributed by atoms with Gasteiger partial charge in [0.05, 0.1) is 15.7 Å². The van der Waals surface area contributed by atoms with E-state index in [0.717, 1.165) is 12.8 Å². The summed E-state index contributed by atoms with van der Waals surface area (Å²) in [6.45, 7) is 0. The van der Waals surface area contributed by atoms with Crippen LogP contribution in [0.5, 0.6) is 0 Å². The van der Waals surface area contributed by atoms with Crippen LogP contribution in [-0.4, -0.2) is 19.6 Å². The minimum absolute atomic E-state index is 0.0779. The van der Waals surface area contributed by atoms with Gasteiger partial charge in [-0.25, -0.2) is 12.8 Å². The summed E-state index contributed by atoms with van der Waals surface area (Å²) in [5.74, 6) is -1.22. The predicted molar refractivity (Wildman–Crippen MR) is 97.9 cm³/mol. The van der Waals surface area contributed by atoms with Gasteiger partial charge in [-0.3, -0.25) is 4.79 Å². The minimum atomic E-state index is -3.33. The molecule has 0 radical (unpaired) electrons. The van der Waals surface area contributed by atoms with Gasteiger partial charge in [0.15, 0.2) is 9.84 Å². The summed E-state index contributed by atoms with van der Waals surface area (Å²) in [7, 11) is -3.33. The highest BCUT2D eigenvalue weighted by molar-refractivity contribution is 9.10. The van der Waals surface area contributed by atoms with Crippen LogP contribution in [0.2, 0.25) is 0 Å². The molecule has 0 spiro atoms. The van der Waals surface area contributed by atoms with Gasteiger partial charge in [0.1, 0.15) is 5.82 Å². The molecular weight excluding hydrogens is 409 g/mol. The summed E-state index contributed by atoms with van der Waals surface area (Å²) >= 11 is 3.14. The van der Waals surface area contributed by atoms with Crippen LogP contribution < -0.4 is 5.32 Å². The molecule has 1 aliphatic rings. The number of anilines is 1. The quantitative estimate of drug-likeness (QED) is 0.780. The van der Waals surface area contributed by atoms with Crippen LogP contribution in [0.1, 0.15) is 36.0 Å². The van der Waals surface area contributed by atoms with Crippen LogP contribution in [-0.2, 0) is 9.84 Å². The second-order valence-electron chi connectivity index (χ2n) is 6.05. The number of benzene rings is 2. The first-order valence-corrected chi connectivity index (χ1v) is 10.3. The standard InChI is InChI=1S/C18H17BrFNO3S/c19-12-5-10-16(17(20)11-12)18(22)21-13-6-8-15(9-7-13)25(23,24)14-3-1-2-4-14/h5-11,14H,1-4H2,(H,21,22). The maximum Gasteiger partial charge on any atom is 0.258 e. The van der Waals surface area contributed by atoms with Crippen molar-refractivity contribution >= 4 is 37.4 Å². The summed E-state index contributed by atoms with van der Waals surface area (Å²) < 4.78 is 39.4. The van der Waals surface area contributed by atoms with E-state index in [0.29, 0.717) is 23.0 Å². The van der Waals surface area contributed by atoms with E-state index in [1.807, 2.05) is 0 Å². The van der Waals surface area contributed by atoms with E-state index < -0.39 is 21.6 Å². The molecule has 3 rings (SSSR count). The molecule has 4 nitrogen and oxygen atoms in total. The van der Waals surface area contributed by atoms with E-state index in [1.54, 1.807) is 6.07 Å². The molecule has 1 aliphatic carbocycles. The van der Waals surface area contributed by atoms with Crippen molar-refractivity contribution in [2.45, 2.75) is 35.8 Å². The average molecular weight is 426 g/mol. The Balaban J connectivity index is 1.75. The molecule has 0 saturated heterocycles. The Morgan fingerprint density at radius 2 is 1.72 bits per heavy atom. The molecule has 0 aliphatic heterocycles. The topological polar surface area (TPSA) is 63.2 Å². The molecule has 1 saturated carbocycles. The molecule has 1 amide bonds. The third kappa shape index (κ3) is 3.93. The van der Waals surface area contributed by atoms with Gasteiger partial charge >= 0.3 is 0 Å². The fourth-order valence-electron chi connectivity index (χ4n) is 2.99. The normalized spacial score (nSPS) is 15.3. The summed E-state index contributed by atoms with van der Waals surface area (Å²) in [6.07, 6.45) is 3.28. The summed E-state index contributed by atoms with van der Waals surface area (Å²) in [6, 6.07) is 10.2. The molecule has 0 unspecified atom stereocenters. The van der Waals surface area contributed by atoms with E-state index in [4.69, 9.17) is 0 Å². The van der Waals surface area contributed by atoms with Crippen molar-refractivity contribution in [1.29, 1.82) is 0 Å². The van der Waals surface area contributed by atoms with Gasteiger partial charge in [-0.1, -0.05) is 28.8 Å². The van der Waals surface area contributed by atoms with Crippen molar-refractivity contribution in [2.24, 2.45) is 0 Å². The van der Waals surface area contributed by atoms with E-state index >= 15 is 0 Å². The van der Waals surface area contributed by atoms with Gasteiger partial charge in [0.25, 0.3) is 5.91 Å². The Morgan fingerprint density at radius 3 is 2.32 bits per heavy atom. The SMILES string of the molecule is O=C(Nc1ccc(S(=O)(=O)C2CCCC2)cc1)c1ccc(Br)cc1F. The maximum absolute atomic E-state index is 13.8. The number of sulfone groups is 1. The largest absolute Gasteiger partial charge is 0.322 e. The average Bonchev–Trinajstić information content (AvgIpc) is 3.10. The summed E-state index contributed by atoms with van der Waals surface area (Å²) in [4.78, 5) is 12.4. The lowest BCUT2D eigenvalue weighted by atomic mass is 10.2. The highest BCUT2D eigenvalue weighted by Crippen LogP contribution is 2.30. The predicted octanol–water partition coefficient (Wildman–Crippen LogP) is 4.56. The molecule has 0 bridgehead atoms. The van der Waals surface area contributed by atoms with E-state index in [2.05, 4.69) is 21.2 Å². The highest BCUT2D eigenvalue weighted by Gasteiger charge is 2.30. The van der Waals surface area contributed by atoms with Gasteiger partial charge in [-0.15, -0.1) is 0 Å². The molecule has 1 fully saturated rings. The molecule has 25 heavy (non-hydrogen) atoms. The smallest absolute Gasteiger partial charge is 0.258 e. The van der Waals surface area contributed by atoms with Gasteiger partial charge in [0.2, 0.25) is 0 Å². The van der Waals surface area contributed by atoms with Crippen LogP contribution in [0, 0.1) is 5.82 Å². The Labute approximate surface area is 154 Å². The number of halogens is 2. The number of rotatable bonds is 4. The van der Waals surface area contributed by atoms with Gasteiger partial charge in [0, 0.05) is 10.2 Å². The Morgan fingerprint density at radius 1 is 1.08 bits per heavy atom. The Hall–Kier alpha value is -1.73. The zero-order valence-corrected chi connectivity index (χ0v) is 15.7. The van der Waals surface area contributed by atoms with Crippen molar-refractivity contribution in [3.05, 3.63) is 58.3 Å². The monoisotopic (exact) mass is 425 g/mol. The van der Waals surface area contributed by atoms with Crippen molar-refractivity contribution in [1.82, 2.24) is 0 Å². The summed E-state index contributed by atoms with van der Waals surface area (Å²) in [5.41, 5.74) is 0.337. The van der Waals surface area contributed by atoms with E-state index in [1.165, 1.54) is 36.4 Å². The van der Waals surface area contributed by atoms with Gasteiger partial charge in [-0.05, 0) is 55.3 Å². The second kappa shape index (κ2) is 7.25. The van der Waals surface area contributed by atoms with Crippen molar-refractivity contribution < 1.29 is 17.6 Å². The van der Waals surface area contributed by atoms with Crippen LogP contribution in [0.3, 0.4) is 0 Å². The van der Waals surface area contributed by atoms with Gasteiger partial charge < -0.3 is 5.32 Å². The molecule has 7 heteroatoms. The van der Waals surface area contributed by atoms with E-state index in [-0.39, 0.29) is 15.7 Å². The van der Waals surface area contributed by atoms with Gasteiger partial charge in [-0.2, -0.15) is 0 Å². The Bertz CT molecular complexity index is 891. The van der Waals surface area contributed by atoms with Crippen LogP contribution in [0.25, 0.3) is 0 Å². The fraction of sp³-hybridized carbons (Fsp3) is 0.278. The fourth-order valence-corrected chi connectivity index (χ4v) is 5.18. The number of amides is 1. The molecule has 0 atom stereocenters. The molecule has 0 heterocycles. The first kappa shape index (κ1) is 18.1. The third-order valence-electron chi connectivity index (χ3n) is 4.36. The zero-order valence-electron chi connectivity index (χ0n) is 13.3. The molecule has 2 aromatic carbocycles. The zero-order chi connectivity index (χ0) is 18.0.